The van der Waals surface area contributed by atoms with Crippen LogP contribution in [0.2, 0.25) is 0 Å². The Morgan fingerprint density at radius 1 is 1.33 bits per heavy atom. The molecule has 1 heterocycles. The molecule has 0 aliphatic carbocycles. The number of H-pyrrole nitrogens is 1. The number of aromatic amines is 1. The zero-order chi connectivity index (χ0) is 15.8. The standard InChI is InChI=1S/C14H23N3O3S/c1-5-17(6-2)8-9-21-12-11(13(18)20-7-3)10(4)15-14(19)16-12/h5-9H2,1-4H3,(H,15,16,19). The van der Waals surface area contributed by atoms with Gasteiger partial charge in [0.05, 0.1) is 6.61 Å². The summed E-state index contributed by atoms with van der Waals surface area (Å²) >= 11 is 1.42. The molecule has 0 radical (unpaired) electrons. The summed E-state index contributed by atoms with van der Waals surface area (Å²) < 4.78 is 5.03. The summed E-state index contributed by atoms with van der Waals surface area (Å²) in [5.41, 5.74) is 0.422. The van der Waals surface area contributed by atoms with Gasteiger partial charge in [0.1, 0.15) is 10.6 Å². The Balaban J connectivity index is 2.89. The molecule has 0 atom stereocenters. The van der Waals surface area contributed by atoms with Gasteiger partial charge < -0.3 is 14.6 Å². The zero-order valence-electron chi connectivity index (χ0n) is 13.1. The number of nitrogens with zero attached hydrogens (tertiary/aromatic N) is 2. The summed E-state index contributed by atoms with van der Waals surface area (Å²) in [5.74, 6) is 0.327. The van der Waals surface area contributed by atoms with Crippen molar-refractivity contribution < 1.29 is 9.53 Å². The second-order valence-corrected chi connectivity index (χ2v) is 5.53. The number of thioether (sulfide) groups is 1. The molecule has 0 unspecified atom stereocenters. The molecule has 21 heavy (non-hydrogen) atoms. The van der Waals surface area contributed by atoms with E-state index in [2.05, 4.69) is 28.7 Å². The van der Waals surface area contributed by atoms with E-state index in [-0.39, 0.29) is 0 Å². The van der Waals surface area contributed by atoms with E-state index in [4.69, 9.17) is 4.74 Å². The first kappa shape index (κ1) is 17.7. The molecule has 1 rings (SSSR count). The Morgan fingerprint density at radius 3 is 2.57 bits per heavy atom. The molecule has 0 amide bonds. The highest BCUT2D eigenvalue weighted by Gasteiger charge is 2.19. The lowest BCUT2D eigenvalue weighted by Crippen LogP contribution is -2.26. The van der Waals surface area contributed by atoms with Gasteiger partial charge in [-0.2, -0.15) is 4.98 Å². The monoisotopic (exact) mass is 313 g/mol. The van der Waals surface area contributed by atoms with Crippen LogP contribution in [0.4, 0.5) is 0 Å². The maximum atomic E-state index is 12.0. The first-order valence-electron chi connectivity index (χ1n) is 7.16. The Morgan fingerprint density at radius 2 is 2.00 bits per heavy atom. The van der Waals surface area contributed by atoms with E-state index in [9.17, 15) is 9.59 Å². The lowest BCUT2D eigenvalue weighted by Gasteiger charge is -2.17. The van der Waals surface area contributed by atoms with E-state index in [0.29, 0.717) is 22.9 Å². The topological polar surface area (TPSA) is 75.3 Å². The van der Waals surface area contributed by atoms with Crippen molar-refractivity contribution >= 4 is 17.7 Å². The molecular formula is C14H23N3O3S. The largest absolute Gasteiger partial charge is 0.462 e. The number of hydrogen-bond donors (Lipinski definition) is 1. The summed E-state index contributed by atoms with van der Waals surface area (Å²) in [5, 5.41) is 0.446. The highest BCUT2D eigenvalue weighted by molar-refractivity contribution is 7.99. The number of hydrogen-bond acceptors (Lipinski definition) is 6. The molecule has 6 nitrogen and oxygen atoms in total. The minimum atomic E-state index is -0.441. The first-order valence-corrected chi connectivity index (χ1v) is 8.15. The van der Waals surface area contributed by atoms with E-state index in [1.165, 1.54) is 11.8 Å². The van der Waals surface area contributed by atoms with Crippen LogP contribution in [-0.4, -0.2) is 52.8 Å². The molecule has 0 saturated carbocycles. The smallest absolute Gasteiger partial charge is 0.346 e. The van der Waals surface area contributed by atoms with Crippen molar-refractivity contribution in [2.75, 3.05) is 32.0 Å². The van der Waals surface area contributed by atoms with E-state index < -0.39 is 11.7 Å². The maximum Gasteiger partial charge on any atom is 0.346 e. The van der Waals surface area contributed by atoms with E-state index in [0.717, 1.165) is 25.4 Å². The Labute approximate surface area is 129 Å². The van der Waals surface area contributed by atoms with Crippen molar-refractivity contribution in [2.45, 2.75) is 32.7 Å². The molecule has 7 heteroatoms. The number of carbonyl (C=O) groups excluding carboxylic acids is 1. The Kier molecular flexibility index (Phi) is 7.45. The van der Waals surface area contributed by atoms with Gasteiger partial charge in [-0.15, -0.1) is 11.8 Å². The normalized spacial score (nSPS) is 10.9. The van der Waals surface area contributed by atoms with Gasteiger partial charge in [0.15, 0.2) is 0 Å². The fraction of sp³-hybridized carbons (Fsp3) is 0.643. The third-order valence-corrected chi connectivity index (χ3v) is 4.06. The SMILES string of the molecule is CCOC(=O)c1c(SCCN(CC)CC)nc(=O)[nH]c1C. The molecule has 0 bridgehead atoms. The van der Waals surface area contributed by atoms with Gasteiger partial charge in [0.2, 0.25) is 0 Å². The van der Waals surface area contributed by atoms with Crippen molar-refractivity contribution in [1.82, 2.24) is 14.9 Å². The second-order valence-electron chi connectivity index (χ2n) is 4.44. The number of aromatic nitrogens is 2. The molecule has 1 aromatic rings. The number of aryl methyl sites for hydroxylation is 1. The third-order valence-electron chi connectivity index (χ3n) is 3.11. The van der Waals surface area contributed by atoms with E-state index in [1.807, 2.05) is 0 Å². The third kappa shape index (κ3) is 5.17. The predicted molar refractivity (Wildman–Crippen MR) is 84.1 cm³/mol. The average Bonchev–Trinajstić information content (AvgIpc) is 2.43. The van der Waals surface area contributed by atoms with Crippen LogP contribution in [0, 0.1) is 6.92 Å². The quantitative estimate of drug-likeness (QED) is 0.447. The van der Waals surface area contributed by atoms with Crippen LogP contribution in [0.3, 0.4) is 0 Å². The summed E-state index contributed by atoms with van der Waals surface area (Å²) in [4.78, 5) is 32.3. The molecule has 0 saturated heterocycles. The molecule has 1 N–H and O–H groups in total. The number of esters is 1. The lowest BCUT2D eigenvalue weighted by atomic mass is 10.2. The van der Waals surface area contributed by atoms with Gasteiger partial charge in [-0.3, -0.25) is 0 Å². The predicted octanol–water partition coefficient (Wildman–Crippen LogP) is 1.69. The van der Waals surface area contributed by atoms with Crippen LogP contribution in [0.5, 0.6) is 0 Å². The van der Waals surface area contributed by atoms with Crippen LogP contribution >= 0.6 is 11.8 Å². The highest BCUT2D eigenvalue weighted by atomic mass is 32.2. The van der Waals surface area contributed by atoms with Crippen molar-refractivity contribution in [3.05, 3.63) is 21.7 Å². The fourth-order valence-electron chi connectivity index (χ4n) is 1.92. The van der Waals surface area contributed by atoms with Crippen LogP contribution < -0.4 is 5.69 Å². The van der Waals surface area contributed by atoms with Crippen LogP contribution in [0.1, 0.15) is 36.8 Å². The van der Waals surface area contributed by atoms with Gasteiger partial charge in [-0.25, -0.2) is 9.59 Å². The molecule has 0 fully saturated rings. The molecule has 0 spiro atoms. The molecule has 0 aliphatic heterocycles. The second kappa shape index (κ2) is 8.84. The maximum absolute atomic E-state index is 12.0. The minimum Gasteiger partial charge on any atom is -0.462 e. The molecule has 0 aliphatic rings. The fourth-order valence-corrected chi connectivity index (χ4v) is 2.99. The molecule has 1 aromatic heterocycles. The first-order chi connectivity index (χ1) is 10.0. The zero-order valence-corrected chi connectivity index (χ0v) is 13.9. The summed E-state index contributed by atoms with van der Waals surface area (Å²) in [6, 6.07) is 0. The average molecular weight is 313 g/mol. The number of rotatable bonds is 8. The van der Waals surface area contributed by atoms with Gasteiger partial charge >= 0.3 is 11.7 Å². The van der Waals surface area contributed by atoms with Gasteiger partial charge in [-0.1, -0.05) is 13.8 Å². The van der Waals surface area contributed by atoms with Crippen LogP contribution in [0.15, 0.2) is 9.82 Å². The van der Waals surface area contributed by atoms with Crippen molar-refractivity contribution in [1.29, 1.82) is 0 Å². The number of nitrogens with one attached hydrogen (secondary N) is 1. The number of carbonyl (C=O) groups is 1. The molecule has 118 valence electrons. The van der Waals surface area contributed by atoms with Crippen LogP contribution in [-0.2, 0) is 4.74 Å². The van der Waals surface area contributed by atoms with Gasteiger partial charge in [0.25, 0.3) is 0 Å². The van der Waals surface area contributed by atoms with Crippen molar-refractivity contribution in [3.8, 4) is 0 Å². The lowest BCUT2D eigenvalue weighted by molar-refractivity contribution is 0.0519. The van der Waals surface area contributed by atoms with Crippen molar-refractivity contribution in [2.24, 2.45) is 0 Å². The summed E-state index contributed by atoms with van der Waals surface area (Å²) in [6.45, 7) is 10.8. The number of ether oxygens (including phenoxy) is 1. The van der Waals surface area contributed by atoms with Gasteiger partial charge in [0, 0.05) is 18.0 Å². The van der Waals surface area contributed by atoms with E-state index in [1.54, 1.807) is 13.8 Å². The van der Waals surface area contributed by atoms with E-state index >= 15 is 0 Å². The van der Waals surface area contributed by atoms with Crippen LogP contribution in [0.25, 0.3) is 0 Å². The van der Waals surface area contributed by atoms with Crippen molar-refractivity contribution in [3.63, 3.8) is 0 Å². The minimum absolute atomic E-state index is 0.293. The summed E-state index contributed by atoms with van der Waals surface area (Å²) in [6.07, 6.45) is 0. The molecular weight excluding hydrogens is 290 g/mol. The highest BCUT2D eigenvalue weighted by Crippen LogP contribution is 2.21. The summed E-state index contributed by atoms with van der Waals surface area (Å²) in [7, 11) is 0. The molecule has 0 aromatic carbocycles. The Bertz CT molecular complexity index is 527. The Hall–Kier alpha value is -1.34. The van der Waals surface area contributed by atoms with Gasteiger partial charge in [-0.05, 0) is 26.9 Å².